The first-order valence-electron chi connectivity index (χ1n) is 8.72. The van der Waals surface area contributed by atoms with Gasteiger partial charge in [0, 0.05) is 30.2 Å². The number of nitrogens with zero attached hydrogens (tertiary/aromatic N) is 1. The predicted molar refractivity (Wildman–Crippen MR) is 101 cm³/mol. The highest BCUT2D eigenvalue weighted by Gasteiger charge is 2.39. The van der Waals surface area contributed by atoms with Crippen LogP contribution in [0.4, 0.5) is 4.39 Å². The summed E-state index contributed by atoms with van der Waals surface area (Å²) in [5, 5.41) is 0.558. The zero-order valence-electron chi connectivity index (χ0n) is 14.9. The Morgan fingerprint density at radius 3 is 2.85 bits per heavy atom. The Bertz CT molecular complexity index is 804. The van der Waals surface area contributed by atoms with Crippen molar-refractivity contribution in [2.24, 2.45) is 5.73 Å². The topological polar surface area (TPSA) is 64.8 Å². The van der Waals surface area contributed by atoms with Crippen molar-refractivity contribution >= 4 is 17.5 Å². The first-order chi connectivity index (χ1) is 13.0. The standard InChI is InChI=1S/C20H22ClFN2O3/c21-16-5-3-6-17(10-16)26-14-20(11-19(23)25)13-24(8-9-27-20)12-15-4-1-2-7-18(15)22/h1-7,10H,8-9,11-14H2,(H2,23,25). The van der Waals surface area contributed by atoms with E-state index in [1.807, 2.05) is 4.90 Å². The fourth-order valence-electron chi connectivity index (χ4n) is 3.26. The molecule has 1 atom stereocenters. The van der Waals surface area contributed by atoms with Gasteiger partial charge < -0.3 is 15.2 Å². The number of hydrogen-bond acceptors (Lipinski definition) is 4. The number of benzene rings is 2. The van der Waals surface area contributed by atoms with Gasteiger partial charge in [-0.2, -0.15) is 0 Å². The fourth-order valence-corrected chi connectivity index (χ4v) is 3.44. The molecule has 1 unspecified atom stereocenters. The second kappa shape index (κ2) is 8.69. The molecule has 5 nitrogen and oxygen atoms in total. The van der Waals surface area contributed by atoms with Gasteiger partial charge in [0.1, 0.15) is 23.8 Å². The molecule has 1 aliphatic heterocycles. The minimum Gasteiger partial charge on any atom is -0.490 e. The molecule has 27 heavy (non-hydrogen) atoms. The molecule has 1 saturated heterocycles. The summed E-state index contributed by atoms with van der Waals surface area (Å²) in [4.78, 5) is 13.7. The van der Waals surface area contributed by atoms with Gasteiger partial charge in [-0.15, -0.1) is 0 Å². The number of hydrogen-bond donors (Lipinski definition) is 1. The van der Waals surface area contributed by atoms with Gasteiger partial charge in [0.25, 0.3) is 0 Å². The van der Waals surface area contributed by atoms with E-state index in [-0.39, 0.29) is 18.8 Å². The van der Waals surface area contributed by atoms with Gasteiger partial charge in [0.15, 0.2) is 0 Å². The van der Waals surface area contributed by atoms with Crippen LogP contribution < -0.4 is 10.5 Å². The maximum atomic E-state index is 14.0. The molecule has 1 amide bonds. The largest absolute Gasteiger partial charge is 0.490 e. The monoisotopic (exact) mass is 392 g/mol. The van der Waals surface area contributed by atoms with Crippen LogP contribution >= 0.6 is 11.6 Å². The number of nitrogens with two attached hydrogens (primary N) is 1. The summed E-state index contributed by atoms with van der Waals surface area (Å²) < 4.78 is 25.8. The van der Waals surface area contributed by atoms with Crippen LogP contribution in [0.5, 0.6) is 5.75 Å². The third-order valence-corrected chi connectivity index (χ3v) is 4.71. The summed E-state index contributed by atoms with van der Waals surface area (Å²) in [7, 11) is 0. The molecule has 0 aromatic heterocycles. The summed E-state index contributed by atoms with van der Waals surface area (Å²) >= 11 is 5.98. The lowest BCUT2D eigenvalue weighted by molar-refractivity contribution is -0.148. The van der Waals surface area contributed by atoms with Crippen molar-refractivity contribution in [2.45, 2.75) is 18.6 Å². The Balaban J connectivity index is 1.72. The Labute approximate surface area is 162 Å². The second-order valence-electron chi connectivity index (χ2n) is 6.72. The Hall–Kier alpha value is -2.15. The lowest BCUT2D eigenvalue weighted by atomic mass is 9.97. The van der Waals surface area contributed by atoms with Crippen LogP contribution in [0.1, 0.15) is 12.0 Å². The molecule has 0 radical (unpaired) electrons. The smallest absolute Gasteiger partial charge is 0.220 e. The average Bonchev–Trinajstić information content (AvgIpc) is 2.62. The summed E-state index contributed by atoms with van der Waals surface area (Å²) in [6.07, 6.45) is 0.0152. The molecule has 1 heterocycles. The van der Waals surface area contributed by atoms with E-state index in [0.717, 1.165) is 0 Å². The number of primary amides is 1. The molecule has 1 aliphatic rings. The SMILES string of the molecule is NC(=O)CC1(COc2cccc(Cl)c2)CN(Cc2ccccc2F)CCO1. The molecule has 2 aromatic carbocycles. The Kier molecular flexibility index (Phi) is 6.31. The highest BCUT2D eigenvalue weighted by Crippen LogP contribution is 2.26. The molecule has 0 bridgehead atoms. The maximum absolute atomic E-state index is 14.0. The summed E-state index contributed by atoms with van der Waals surface area (Å²) in [6.45, 7) is 2.01. The van der Waals surface area contributed by atoms with Crippen LogP contribution in [0.25, 0.3) is 0 Å². The van der Waals surface area contributed by atoms with Crippen molar-refractivity contribution in [1.82, 2.24) is 4.90 Å². The van der Waals surface area contributed by atoms with Gasteiger partial charge in [-0.3, -0.25) is 9.69 Å². The van der Waals surface area contributed by atoms with E-state index in [2.05, 4.69) is 0 Å². The van der Waals surface area contributed by atoms with Crippen LogP contribution in [-0.2, 0) is 16.1 Å². The van der Waals surface area contributed by atoms with Crippen molar-refractivity contribution in [3.63, 3.8) is 0 Å². The predicted octanol–water partition coefficient (Wildman–Crippen LogP) is 3.00. The number of carbonyl (C=O) groups excluding carboxylic acids is 1. The van der Waals surface area contributed by atoms with Crippen molar-refractivity contribution < 1.29 is 18.7 Å². The molecule has 1 fully saturated rings. The quantitative estimate of drug-likeness (QED) is 0.786. The summed E-state index contributed by atoms with van der Waals surface area (Å²) in [6, 6.07) is 13.7. The molecule has 0 spiro atoms. The third kappa shape index (κ3) is 5.42. The minimum absolute atomic E-state index is 0.0152. The first kappa shape index (κ1) is 19.6. The minimum atomic E-state index is -0.891. The first-order valence-corrected chi connectivity index (χ1v) is 9.10. The molecular weight excluding hydrogens is 371 g/mol. The Morgan fingerprint density at radius 2 is 2.11 bits per heavy atom. The van der Waals surface area contributed by atoms with Crippen LogP contribution in [0.3, 0.4) is 0 Å². The molecule has 0 saturated carbocycles. The van der Waals surface area contributed by atoms with Gasteiger partial charge >= 0.3 is 0 Å². The fraction of sp³-hybridized carbons (Fsp3) is 0.350. The number of ether oxygens (including phenoxy) is 2. The van der Waals surface area contributed by atoms with E-state index in [1.165, 1.54) is 6.07 Å². The number of rotatable bonds is 7. The van der Waals surface area contributed by atoms with Gasteiger partial charge in [0.2, 0.25) is 5.91 Å². The van der Waals surface area contributed by atoms with Gasteiger partial charge in [-0.1, -0.05) is 35.9 Å². The Morgan fingerprint density at radius 1 is 1.30 bits per heavy atom. The normalized spacial score (nSPS) is 20.4. The molecule has 7 heteroatoms. The number of carbonyl (C=O) groups is 1. The molecule has 2 N–H and O–H groups in total. The van der Waals surface area contributed by atoms with Gasteiger partial charge in [-0.25, -0.2) is 4.39 Å². The highest BCUT2D eigenvalue weighted by molar-refractivity contribution is 6.30. The van der Waals surface area contributed by atoms with Gasteiger partial charge in [-0.05, 0) is 24.3 Å². The van der Waals surface area contributed by atoms with Crippen molar-refractivity contribution in [3.05, 3.63) is 64.9 Å². The number of amides is 1. The van der Waals surface area contributed by atoms with Crippen molar-refractivity contribution in [3.8, 4) is 5.75 Å². The zero-order chi connectivity index (χ0) is 19.3. The number of halogens is 2. The van der Waals surface area contributed by atoms with E-state index in [0.29, 0.717) is 42.6 Å². The van der Waals surface area contributed by atoms with E-state index in [4.69, 9.17) is 26.8 Å². The van der Waals surface area contributed by atoms with E-state index in [9.17, 15) is 9.18 Å². The van der Waals surface area contributed by atoms with E-state index < -0.39 is 11.5 Å². The highest BCUT2D eigenvalue weighted by atomic mass is 35.5. The van der Waals surface area contributed by atoms with Crippen LogP contribution in [-0.4, -0.2) is 42.7 Å². The van der Waals surface area contributed by atoms with E-state index >= 15 is 0 Å². The zero-order valence-corrected chi connectivity index (χ0v) is 15.6. The van der Waals surface area contributed by atoms with Gasteiger partial charge in [0.05, 0.1) is 13.0 Å². The molecule has 0 aliphatic carbocycles. The molecule has 2 aromatic rings. The van der Waals surface area contributed by atoms with Crippen LogP contribution in [0.15, 0.2) is 48.5 Å². The lowest BCUT2D eigenvalue weighted by Gasteiger charge is -2.42. The summed E-state index contributed by atoms with van der Waals surface area (Å²) in [5.41, 5.74) is 5.16. The third-order valence-electron chi connectivity index (χ3n) is 4.47. The second-order valence-corrected chi connectivity index (χ2v) is 7.16. The maximum Gasteiger partial charge on any atom is 0.220 e. The summed E-state index contributed by atoms with van der Waals surface area (Å²) in [5.74, 6) is -0.140. The molecule has 144 valence electrons. The van der Waals surface area contributed by atoms with E-state index in [1.54, 1.807) is 42.5 Å². The van der Waals surface area contributed by atoms with Crippen molar-refractivity contribution in [1.29, 1.82) is 0 Å². The van der Waals surface area contributed by atoms with Crippen LogP contribution in [0.2, 0.25) is 5.02 Å². The molecule has 3 rings (SSSR count). The number of morpholine rings is 1. The van der Waals surface area contributed by atoms with Crippen molar-refractivity contribution in [2.75, 3.05) is 26.3 Å². The molecular formula is C20H22ClFN2O3. The lowest BCUT2D eigenvalue weighted by Crippen LogP contribution is -2.56. The van der Waals surface area contributed by atoms with Crippen LogP contribution in [0, 0.1) is 5.82 Å². The average molecular weight is 393 g/mol.